The summed E-state index contributed by atoms with van der Waals surface area (Å²) in [5.41, 5.74) is 18.3. The molecule has 2 aliphatic carbocycles. The molecule has 0 unspecified atom stereocenters. The van der Waals surface area contributed by atoms with Crippen LogP contribution >= 0.6 is 11.3 Å². The summed E-state index contributed by atoms with van der Waals surface area (Å²) in [6, 6.07) is 52.6. The quantitative estimate of drug-likeness (QED) is 0.162. The van der Waals surface area contributed by atoms with E-state index in [4.69, 9.17) is 0 Å². The van der Waals surface area contributed by atoms with E-state index in [9.17, 15) is 0 Å². The monoisotopic (exact) mass is 887 g/mol. The van der Waals surface area contributed by atoms with Crippen LogP contribution in [-0.2, 0) is 11.8 Å². The van der Waals surface area contributed by atoms with Gasteiger partial charge in [-0.25, -0.2) is 0 Å². The van der Waals surface area contributed by atoms with Gasteiger partial charge in [-0.2, -0.15) is 0 Å². The molecule has 1 fully saturated rings. The molecule has 10 rings (SSSR count). The van der Waals surface area contributed by atoms with Crippen LogP contribution in [0.3, 0.4) is 0 Å². The molecule has 0 atom stereocenters. The number of hydrogen-bond donors (Lipinski definition) is 0. The van der Waals surface area contributed by atoms with Crippen molar-refractivity contribution < 1.29 is 0 Å². The van der Waals surface area contributed by atoms with Crippen LogP contribution in [0.1, 0.15) is 145 Å². The van der Waals surface area contributed by atoms with Crippen molar-refractivity contribution in [3.05, 3.63) is 225 Å². The molecular weight excluding hydrogens is 813 g/mol. The molecule has 0 amide bonds. The van der Waals surface area contributed by atoms with Gasteiger partial charge < -0.3 is 0 Å². The Bertz CT molecular complexity index is 2840. The number of thiophene rings is 1. The SMILES string of the molecule is C=Cc1sc2ccc(C(C)C)cc2c1C=C.CCc1ccccc1C.Cc1ccc(C2CCCCC2)cc1.Cc1ccc2c(c1)C(C)(C)c1cc(C)c3ccccc3c1-2.Cc1ccccc1. The predicted octanol–water partition coefficient (Wildman–Crippen LogP) is 19.7. The number of rotatable bonds is 5. The van der Waals surface area contributed by atoms with Gasteiger partial charge in [0.25, 0.3) is 0 Å². The summed E-state index contributed by atoms with van der Waals surface area (Å²) in [5.74, 6) is 1.42. The van der Waals surface area contributed by atoms with E-state index in [1.54, 1.807) is 16.9 Å². The van der Waals surface area contributed by atoms with Gasteiger partial charge in [-0.15, -0.1) is 11.3 Å². The maximum absolute atomic E-state index is 3.90. The second kappa shape index (κ2) is 23.1. The lowest BCUT2D eigenvalue weighted by molar-refractivity contribution is 0.443. The summed E-state index contributed by atoms with van der Waals surface area (Å²) < 4.78 is 1.31. The maximum atomic E-state index is 3.90. The average Bonchev–Trinajstić information content (AvgIpc) is 3.81. The van der Waals surface area contributed by atoms with Crippen molar-refractivity contribution >= 4 is 44.3 Å². The van der Waals surface area contributed by atoms with Crippen LogP contribution in [0.5, 0.6) is 0 Å². The van der Waals surface area contributed by atoms with Crippen LogP contribution in [0, 0.1) is 34.6 Å². The van der Waals surface area contributed by atoms with Gasteiger partial charge in [0.2, 0.25) is 0 Å². The number of benzene rings is 7. The van der Waals surface area contributed by atoms with E-state index in [-0.39, 0.29) is 5.41 Å². The predicted molar refractivity (Wildman–Crippen MR) is 296 cm³/mol. The van der Waals surface area contributed by atoms with Gasteiger partial charge >= 0.3 is 0 Å². The first-order valence-electron chi connectivity index (χ1n) is 24.4. The van der Waals surface area contributed by atoms with Crippen molar-refractivity contribution in [3.8, 4) is 11.1 Å². The molecule has 1 heterocycles. The van der Waals surface area contributed by atoms with E-state index in [0.29, 0.717) is 5.92 Å². The van der Waals surface area contributed by atoms with Gasteiger partial charge in [-0.05, 0) is 144 Å². The molecule has 0 radical (unpaired) electrons. The highest BCUT2D eigenvalue weighted by molar-refractivity contribution is 7.20. The Hall–Kier alpha value is -5.76. The molecule has 0 spiro atoms. The van der Waals surface area contributed by atoms with Gasteiger partial charge in [0.05, 0.1) is 0 Å². The second-order valence-electron chi connectivity index (χ2n) is 19.2. The van der Waals surface area contributed by atoms with E-state index < -0.39 is 0 Å². The van der Waals surface area contributed by atoms with Gasteiger partial charge in [0.15, 0.2) is 0 Å². The molecule has 0 bridgehead atoms. The third kappa shape index (κ3) is 12.0. The fourth-order valence-corrected chi connectivity index (χ4v) is 10.6. The first kappa shape index (κ1) is 49.7. The minimum atomic E-state index is 0.0888. The van der Waals surface area contributed by atoms with Gasteiger partial charge in [-0.3, -0.25) is 0 Å². The first-order chi connectivity index (χ1) is 31.8. The molecule has 0 nitrogen and oxygen atoms in total. The Morgan fingerprint density at radius 1 is 0.591 bits per heavy atom. The Kier molecular flexibility index (Phi) is 17.4. The van der Waals surface area contributed by atoms with Crippen LogP contribution in [0.15, 0.2) is 159 Å². The highest BCUT2D eigenvalue weighted by atomic mass is 32.1. The van der Waals surface area contributed by atoms with Crippen molar-refractivity contribution in [2.24, 2.45) is 0 Å². The smallest absolute Gasteiger partial charge is 0.0355 e. The van der Waals surface area contributed by atoms with Gasteiger partial charge in [0, 0.05) is 20.4 Å². The fourth-order valence-electron chi connectivity index (χ4n) is 9.57. The van der Waals surface area contributed by atoms with Crippen LogP contribution in [0.2, 0.25) is 0 Å². The lowest BCUT2D eigenvalue weighted by atomic mass is 9.81. The number of hydrogen-bond acceptors (Lipinski definition) is 1. The third-order valence-corrected chi connectivity index (χ3v) is 14.8. The fraction of sp³-hybridized carbons (Fsp3) is 0.292. The van der Waals surface area contributed by atoms with Crippen LogP contribution in [0.25, 0.3) is 44.1 Å². The lowest BCUT2D eigenvalue weighted by Crippen LogP contribution is -2.15. The zero-order chi connectivity index (χ0) is 47.4. The lowest BCUT2D eigenvalue weighted by Gasteiger charge is -2.22. The van der Waals surface area contributed by atoms with Crippen LogP contribution in [-0.4, -0.2) is 0 Å². The van der Waals surface area contributed by atoms with Crippen molar-refractivity contribution in [1.82, 2.24) is 0 Å². The van der Waals surface area contributed by atoms with E-state index in [0.717, 1.165) is 12.3 Å². The highest BCUT2D eigenvalue weighted by Gasteiger charge is 2.36. The van der Waals surface area contributed by atoms with Crippen molar-refractivity contribution in [3.63, 3.8) is 0 Å². The minimum absolute atomic E-state index is 0.0888. The normalized spacial score (nSPS) is 13.4. The van der Waals surface area contributed by atoms with Crippen LogP contribution in [0.4, 0.5) is 0 Å². The molecule has 0 aliphatic heterocycles. The average molecular weight is 887 g/mol. The second-order valence-corrected chi connectivity index (χ2v) is 20.3. The zero-order valence-corrected chi connectivity index (χ0v) is 42.5. The molecule has 340 valence electrons. The zero-order valence-electron chi connectivity index (χ0n) is 41.7. The van der Waals surface area contributed by atoms with E-state index >= 15 is 0 Å². The Morgan fingerprint density at radius 3 is 1.80 bits per heavy atom. The Labute approximate surface area is 403 Å². The van der Waals surface area contributed by atoms with Crippen LogP contribution < -0.4 is 0 Å². The van der Waals surface area contributed by atoms with E-state index in [2.05, 4.69) is 210 Å². The summed E-state index contributed by atoms with van der Waals surface area (Å²) in [5, 5.41) is 4.07. The molecular formula is C65H74S. The summed E-state index contributed by atoms with van der Waals surface area (Å²) in [6.45, 7) is 29.9. The van der Waals surface area contributed by atoms with Crippen molar-refractivity contribution in [2.75, 3.05) is 0 Å². The Balaban J connectivity index is 0.000000143. The molecule has 1 heteroatoms. The summed E-state index contributed by atoms with van der Waals surface area (Å²) in [6.07, 6.45) is 12.1. The van der Waals surface area contributed by atoms with E-state index in [1.807, 2.05) is 30.4 Å². The summed E-state index contributed by atoms with van der Waals surface area (Å²) in [4.78, 5) is 1.21. The van der Waals surface area contributed by atoms with E-state index in [1.165, 1.54) is 125 Å². The molecule has 8 aromatic rings. The Morgan fingerprint density at radius 2 is 1.21 bits per heavy atom. The van der Waals surface area contributed by atoms with Gasteiger partial charge in [0.1, 0.15) is 0 Å². The molecule has 1 aromatic heterocycles. The molecule has 0 N–H and O–H groups in total. The third-order valence-electron chi connectivity index (χ3n) is 13.6. The number of aryl methyl sites for hydroxylation is 6. The molecule has 0 saturated heterocycles. The summed E-state index contributed by atoms with van der Waals surface area (Å²) in [7, 11) is 0. The first-order valence-corrected chi connectivity index (χ1v) is 25.2. The van der Waals surface area contributed by atoms with Crippen molar-refractivity contribution in [1.29, 1.82) is 0 Å². The van der Waals surface area contributed by atoms with Crippen molar-refractivity contribution in [2.45, 2.75) is 125 Å². The van der Waals surface area contributed by atoms with Gasteiger partial charge in [-0.1, -0.05) is 229 Å². The molecule has 66 heavy (non-hydrogen) atoms. The molecule has 7 aromatic carbocycles. The number of fused-ring (bicyclic) bond motifs is 6. The topological polar surface area (TPSA) is 0 Å². The highest BCUT2D eigenvalue weighted by Crippen LogP contribution is 2.52. The standard InChI is InChI=1S/C21H20.C15H16S.C13H18.C9H12.C7H8/c1-13-9-10-17-18(11-13)21(3,4)19-12-14(2)15-7-5-6-8-16(15)20(17)19;1-5-12-13-9-11(10(3)4)7-8-15(13)16-14(12)6-2;1-11-7-9-13(10-8-11)12-5-3-2-4-6-12;1-3-9-7-5-4-6-8(9)2;1-7-5-3-2-4-6-7/h5-12H,1-4H3;5-10H,1-2H2,3-4H3;7-10,12H,2-6H2,1H3;4-7H,3H2,1-2H3;2-6H,1H3. The molecule has 2 aliphatic rings. The molecule has 1 saturated carbocycles. The maximum Gasteiger partial charge on any atom is 0.0355 e. The minimum Gasteiger partial charge on any atom is -0.135 e. The summed E-state index contributed by atoms with van der Waals surface area (Å²) >= 11 is 1.78. The largest absolute Gasteiger partial charge is 0.135 e.